The van der Waals surface area contributed by atoms with E-state index in [-0.39, 0.29) is 24.9 Å². The number of quaternary nitrogens is 1. The monoisotopic (exact) mass is 414 g/mol. The maximum absolute atomic E-state index is 12.5. The van der Waals surface area contributed by atoms with Gasteiger partial charge in [0.1, 0.15) is 5.75 Å². The summed E-state index contributed by atoms with van der Waals surface area (Å²) in [7, 11) is 2.86. The fourth-order valence-corrected chi connectivity index (χ4v) is 3.00. The van der Waals surface area contributed by atoms with Crippen LogP contribution in [0, 0.1) is 0 Å². The number of para-hydroxylation sites is 2. The molecule has 8 heteroatoms. The molecule has 2 aromatic rings. The van der Waals surface area contributed by atoms with Gasteiger partial charge in [-0.05, 0) is 42.8 Å². The highest BCUT2D eigenvalue weighted by Crippen LogP contribution is 2.22. The summed E-state index contributed by atoms with van der Waals surface area (Å²) in [6, 6.07) is 13.6. The lowest BCUT2D eigenvalue weighted by Gasteiger charge is -2.18. The molecule has 160 valence electrons. The maximum Gasteiger partial charge on any atom is 0.337 e. The second-order valence-electron chi connectivity index (χ2n) is 6.72. The van der Waals surface area contributed by atoms with E-state index < -0.39 is 5.97 Å². The van der Waals surface area contributed by atoms with E-state index in [0.717, 1.165) is 11.3 Å². The average Bonchev–Trinajstić information content (AvgIpc) is 2.74. The quantitative estimate of drug-likeness (QED) is 0.510. The lowest BCUT2D eigenvalue weighted by atomic mass is 10.2. The van der Waals surface area contributed by atoms with Gasteiger partial charge in [0.15, 0.2) is 13.1 Å². The van der Waals surface area contributed by atoms with Gasteiger partial charge < -0.3 is 25.0 Å². The van der Waals surface area contributed by atoms with Crippen LogP contribution in [-0.4, -0.2) is 51.6 Å². The van der Waals surface area contributed by atoms with Crippen molar-refractivity contribution in [1.82, 2.24) is 0 Å². The third-order valence-electron chi connectivity index (χ3n) is 4.40. The van der Waals surface area contributed by atoms with Gasteiger partial charge in [0.25, 0.3) is 11.8 Å². The molecule has 0 radical (unpaired) electrons. The second kappa shape index (κ2) is 11.6. The molecule has 2 rings (SSSR count). The molecule has 0 aliphatic carbocycles. The van der Waals surface area contributed by atoms with Crippen molar-refractivity contribution in [2.24, 2.45) is 0 Å². The Kier molecular flexibility index (Phi) is 8.83. The first-order valence-corrected chi connectivity index (χ1v) is 9.71. The van der Waals surface area contributed by atoms with Crippen LogP contribution in [0.3, 0.4) is 0 Å². The number of carbonyl (C=O) groups is 3. The van der Waals surface area contributed by atoms with Crippen LogP contribution in [-0.2, 0) is 14.3 Å². The number of hydrogen-bond donors (Lipinski definition) is 3. The molecule has 1 atom stereocenters. The molecule has 8 nitrogen and oxygen atoms in total. The Morgan fingerprint density at radius 2 is 1.53 bits per heavy atom. The van der Waals surface area contributed by atoms with Gasteiger partial charge >= 0.3 is 5.97 Å². The minimum absolute atomic E-state index is 0.145. The Hall–Kier alpha value is -3.39. The van der Waals surface area contributed by atoms with Crippen LogP contribution >= 0.6 is 0 Å². The average molecular weight is 414 g/mol. The zero-order chi connectivity index (χ0) is 21.9. The van der Waals surface area contributed by atoms with E-state index in [9.17, 15) is 14.4 Å². The van der Waals surface area contributed by atoms with E-state index in [4.69, 9.17) is 4.74 Å². The van der Waals surface area contributed by atoms with E-state index in [1.54, 1.807) is 43.5 Å². The largest absolute Gasteiger partial charge is 0.495 e. The van der Waals surface area contributed by atoms with E-state index >= 15 is 0 Å². The summed E-state index contributed by atoms with van der Waals surface area (Å²) in [6.45, 7) is 2.97. The Balaban J connectivity index is 1.93. The molecule has 0 aromatic heterocycles. The van der Waals surface area contributed by atoms with Crippen LogP contribution < -0.4 is 20.3 Å². The van der Waals surface area contributed by atoms with Crippen molar-refractivity contribution in [1.29, 1.82) is 0 Å². The van der Waals surface area contributed by atoms with E-state index in [1.807, 2.05) is 19.1 Å². The Bertz CT molecular complexity index is 867. The van der Waals surface area contributed by atoms with E-state index in [2.05, 4.69) is 15.4 Å². The third-order valence-corrected chi connectivity index (χ3v) is 4.40. The molecule has 0 bridgehead atoms. The number of amides is 2. The SMILES string of the molecule is CCC[NH+](CC(=O)Nc1ccc(C(=O)OC)cc1)CC(=O)Nc1ccccc1OC. The first-order valence-electron chi connectivity index (χ1n) is 9.71. The van der Waals surface area contributed by atoms with Gasteiger partial charge in [-0.1, -0.05) is 19.1 Å². The van der Waals surface area contributed by atoms with Gasteiger partial charge in [-0.15, -0.1) is 0 Å². The molecule has 0 aliphatic rings. The number of hydrogen-bond acceptors (Lipinski definition) is 5. The highest BCUT2D eigenvalue weighted by atomic mass is 16.5. The van der Waals surface area contributed by atoms with Crippen LogP contribution in [0.4, 0.5) is 11.4 Å². The summed E-state index contributed by atoms with van der Waals surface area (Å²) >= 11 is 0. The molecule has 1 unspecified atom stereocenters. The predicted molar refractivity (Wildman–Crippen MR) is 114 cm³/mol. The zero-order valence-corrected chi connectivity index (χ0v) is 17.5. The third kappa shape index (κ3) is 6.89. The standard InChI is InChI=1S/C22H27N3O5/c1-4-13-25(15-21(27)24-18-7-5-6-8-19(18)29-2)14-20(26)23-17-11-9-16(10-12-17)22(28)30-3/h5-12H,4,13-15H2,1-3H3,(H,23,26)(H,24,27)/p+1. The molecule has 2 aromatic carbocycles. The fourth-order valence-electron chi connectivity index (χ4n) is 3.00. The molecule has 0 aliphatic heterocycles. The highest BCUT2D eigenvalue weighted by Gasteiger charge is 2.19. The Morgan fingerprint density at radius 1 is 0.900 bits per heavy atom. The number of methoxy groups -OCH3 is 2. The maximum atomic E-state index is 12.5. The predicted octanol–water partition coefficient (Wildman–Crippen LogP) is 1.35. The molecule has 0 heterocycles. The van der Waals surface area contributed by atoms with Gasteiger partial charge in [0.2, 0.25) is 0 Å². The molecule has 0 saturated carbocycles. The summed E-state index contributed by atoms with van der Waals surface area (Å²) in [5, 5.41) is 5.63. The second-order valence-corrected chi connectivity index (χ2v) is 6.72. The van der Waals surface area contributed by atoms with Crippen molar-refractivity contribution >= 4 is 29.2 Å². The Labute approximate surface area is 176 Å². The van der Waals surface area contributed by atoms with Crippen LogP contribution in [0.1, 0.15) is 23.7 Å². The topological polar surface area (TPSA) is 98.2 Å². The van der Waals surface area contributed by atoms with Crippen LogP contribution in [0.15, 0.2) is 48.5 Å². The number of nitrogens with one attached hydrogen (secondary N) is 3. The molecular weight excluding hydrogens is 386 g/mol. The van der Waals surface area contributed by atoms with Crippen molar-refractivity contribution in [3.8, 4) is 5.75 Å². The molecule has 2 amide bonds. The first-order chi connectivity index (χ1) is 14.5. The minimum Gasteiger partial charge on any atom is -0.495 e. The zero-order valence-electron chi connectivity index (χ0n) is 17.5. The lowest BCUT2D eigenvalue weighted by molar-refractivity contribution is -0.883. The summed E-state index contributed by atoms with van der Waals surface area (Å²) in [6.07, 6.45) is 0.832. The van der Waals surface area contributed by atoms with Crippen molar-refractivity contribution in [2.75, 3.05) is 44.5 Å². The van der Waals surface area contributed by atoms with Crippen LogP contribution in [0.5, 0.6) is 5.75 Å². The van der Waals surface area contributed by atoms with Crippen molar-refractivity contribution < 1.29 is 28.8 Å². The number of benzene rings is 2. The highest BCUT2D eigenvalue weighted by molar-refractivity contribution is 5.94. The van der Waals surface area contributed by atoms with Gasteiger partial charge in [-0.3, -0.25) is 9.59 Å². The molecule has 0 spiro atoms. The minimum atomic E-state index is -0.437. The smallest absolute Gasteiger partial charge is 0.337 e. The van der Waals surface area contributed by atoms with Crippen molar-refractivity contribution in [2.45, 2.75) is 13.3 Å². The van der Waals surface area contributed by atoms with Gasteiger partial charge in [-0.25, -0.2) is 4.79 Å². The Morgan fingerprint density at radius 3 is 2.13 bits per heavy atom. The number of ether oxygens (including phenoxy) is 2. The molecule has 0 saturated heterocycles. The van der Waals surface area contributed by atoms with E-state index in [1.165, 1.54) is 7.11 Å². The first kappa shape index (κ1) is 22.9. The number of carbonyl (C=O) groups excluding carboxylic acids is 3. The van der Waals surface area contributed by atoms with Crippen LogP contribution in [0.2, 0.25) is 0 Å². The summed E-state index contributed by atoms with van der Waals surface area (Å²) in [5.41, 5.74) is 1.57. The summed E-state index contributed by atoms with van der Waals surface area (Å²) in [4.78, 5) is 37.2. The van der Waals surface area contributed by atoms with E-state index in [0.29, 0.717) is 29.2 Å². The number of rotatable bonds is 10. The normalized spacial score (nSPS) is 11.3. The number of esters is 1. The van der Waals surface area contributed by atoms with Crippen molar-refractivity contribution in [3.05, 3.63) is 54.1 Å². The van der Waals surface area contributed by atoms with Crippen LogP contribution in [0.25, 0.3) is 0 Å². The molecular formula is C22H28N3O5+. The van der Waals surface area contributed by atoms with Gasteiger partial charge in [0.05, 0.1) is 32.0 Å². The molecule has 30 heavy (non-hydrogen) atoms. The lowest BCUT2D eigenvalue weighted by Crippen LogP contribution is -3.14. The molecule has 0 fully saturated rings. The number of anilines is 2. The fraction of sp³-hybridized carbons (Fsp3) is 0.318. The van der Waals surface area contributed by atoms with Gasteiger partial charge in [-0.2, -0.15) is 0 Å². The summed E-state index contributed by atoms with van der Waals surface area (Å²) < 4.78 is 9.90. The van der Waals surface area contributed by atoms with Gasteiger partial charge in [0, 0.05) is 5.69 Å². The molecule has 3 N–H and O–H groups in total. The van der Waals surface area contributed by atoms with Crippen molar-refractivity contribution in [3.63, 3.8) is 0 Å². The summed E-state index contributed by atoms with van der Waals surface area (Å²) in [5.74, 6) is -0.268.